The number of aromatic hydroxyl groups is 1. The fourth-order valence-electron chi connectivity index (χ4n) is 2.53. The van der Waals surface area contributed by atoms with Gasteiger partial charge >= 0.3 is 0 Å². The van der Waals surface area contributed by atoms with E-state index in [1.807, 2.05) is 60.7 Å². The predicted molar refractivity (Wildman–Crippen MR) is 107 cm³/mol. The first kappa shape index (κ1) is 19.7. The third kappa shape index (κ3) is 6.61. The summed E-state index contributed by atoms with van der Waals surface area (Å²) in [6, 6.07) is 25.9. The van der Waals surface area contributed by atoms with Gasteiger partial charge in [-0.3, -0.25) is 0 Å². The van der Waals surface area contributed by atoms with Gasteiger partial charge in [0, 0.05) is 5.56 Å². The molecule has 3 aromatic rings. The van der Waals surface area contributed by atoms with Gasteiger partial charge in [0.15, 0.2) is 6.29 Å². The van der Waals surface area contributed by atoms with Crippen molar-refractivity contribution in [1.82, 2.24) is 0 Å². The van der Waals surface area contributed by atoms with Gasteiger partial charge < -0.3 is 24.1 Å². The summed E-state index contributed by atoms with van der Waals surface area (Å²) in [4.78, 5) is 0. The Hall–Kier alpha value is -3.02. The molecule has 5 nitrogen and oxygen atoms in total. The van der Waals surface area contributed by atoms with Crippen molar-refractivity contribution in [3.05, 3.63) is 90.5 Å². The van der Waals surface area contributed by atoms with Gasteiger partial charge in [-0.25, -0.2) is 0 Å². The van der Waals surface area contributed by atoms with Crippen molar-refractivity contribution in [2.45, 2.75) is 6.29 Å². The normalized spacial score (nSPS) is 10.8. The van der Waals surface area contributed by atoms with Crippen molar-refractivity contribution in [2.24, 2.45) is 0 Å². The third-order valence-electron chi connectivity index (χ3n) is 3.89. The fourth-order valence-corrected chi connectivity index (χ4v) is 2.53. The van der Waals surface area contributed by atoms with Gasteiger partial charge in [0.1, 0.15) is 30.5 Å². The van der Waals surface area contributed by atoms with Crippen LogP contribution < -0.4 is 9.47 Å². The zero-order valence-corrected chi connectivity index (χ0v) is 15.6. The molecular weight excluding hydrogens is 356 g/mol. The maximum Gasteiger partial charge on any atom is 0.184 e. The molecule has 0 radical (unpaired) electrons. The van der Waals surface area contributed by atoms with Gasteiger partial charge in [0.05, 0.1) is 13.2 Å². The number of benzene rings is 3. The predicted octanol–water partition coefficient (Wildman–Crippen LogP) is 4.58. The van der Waals surface area contributed by atoms with Crippen molar-refractivity contribution in [1.29, 1.82) is 0 Å². The van der Waals surface area contributed by atoms with E-state index in [4.69, 9.17) is 18.9 Å². The molecule has 0 bridgehead atoms. The minimum Gasteiger partial charge on any atom is -0.508 e. The van der Waals surface area contributed by atoms with Crippen molar-refractivity contribution in [3.63, 3.8) is 0 Å². The van der Waals surface area contributed by atoms with Crippen molar-refractivity contribution in [3.8, 4) is 17.2 Å². The number of hydrogen-bond donors (Lipinski definition) is 1. The molecule has 0 unspecified atom stereocenters. The summed E-state index contributed by atoms with van der Waals surface area (Å²) in [5.41, 5.74) is 0.817. The van der Waals surface area contributed by atoms with E-state index >= 15 is 0 Å². The summed E-state index contributed by atoms with van der Waals surface area (Å²) < 4.78 is 23.0. The molecule has 0 aliphatic carbocycles. The number of phenolic OH excluding ortho intramolecular Hbond substituents is 1. The van der Waals surface area contributed by atoms with E-state index in [9.17, 15) is 5.11 Å². The van der Waals surface area contributed by atoms with Crippen LogP contribution >= 0.6 is 0 Å². The van der Waals surface area contributed by atoms with Gasteiger partial charge in [-0.2, -0.15) is 0 Å². The lowest BCUT2D eigenvalue weighted by Gasteiger charge is -2.19. The van der Waals surface area contributed by atoms with Crippen LogP contribution in [0.1, 0.15) is 11.9 Å². The molecule has 0 atom stereocenters. The lowest BCUT2D eigenvalue weighted by Crippen LogP contribution is -2.17. The highest BCUT2D eigenvalue weighted by Crippen LogP contribution is 2.21. The van der Waals surface area contributed by atoms with E-state index in [1.54, 1.807) is 24.3 Å². The number of ether oxygens (including phenoxy) is 4. The molecule has 0 saturated carbocycles. The Bertz CT molecular complexity index is 743. The standard InChI is InChI=1S/C23H24O5/c24-20-13-11-19(12-14-20)23(27-17-15-25-21-7-3-1-4-8-21)28-18-16-26-22-9-5-2-6-10-22/h1-14,23-24H,15-18H2. The molecule has 0 aromatic heterocycles. The van der Waals surface area contributed by atoms with Crippen LogP contribution in [0.3, 0.4) is 0 Å². The minimum absolute atomic E-state index is 0.197. The number of phenols is 1. The molecule has 0 spiro atoms. The fraction of sp³-hybridized carbons (Fsp3) is 0.217. The van der Waals surface area contributed by atoms with Crippen molar-refractivity contribution >= 4 is 0 Å². The van der Waals surface area contributed by atoms with E-state index in [-0.39, 0.29) is 5.75 Å². The summed E-state index contributed by atoms with van der Waals surface area (Å²) in [7, 11) is 0. The summed E-state index contributed by atoms with van der Waals surface area (Å²) in [5, 5.41) is 9.50. The molecule has 0 heterocycles. The highest BCUT2D eigenvalue weighted by molar-refractivity contribution is 5.26. The first-order valence-electron chi connectivity index (χ1n) is 9.19. The highest BCUT2D eigenvalue weighted by Gasteiger charge is 2.13. The smallest absolute Gasteiger partial charge is 0.184 e. The van der Waals surface area contributed by atoms with Crippen LogP contribution in [0.5, 0.6) is 17.2 Å². The average Bonchev–Trinajstić information content (AvgIpc) is 2.75. The molecule has 0 amide bonds. The summed E-state index contributed by atoms with van der Waals surface area (Å²) in [6.07, 6.45) is -0.570. The van der Waals surface area contributed by atoms with Crippen LogP contribution in [0.2, 0.25) is 0 Å². The second kappa shape index (κ2) is 11.0. The van der Waals surface area contributed by atoms with Crippen LogP contribution in [0.15, 0.2) is 84.9 Å². The Morgan fingerprint density at radius 1 is 0.571 bits per heavy atom. The van der Waals surface area contributed by atoms with Crippen molar-refractivity contribution in [2.75, 3.05) is 26.4 Å². The maximum atomic E-state index is 9.50. The molecular formula is C23H24O5. The summed E-state index contributed by atoms with van der Waals surface area (Å²) in [5.74, 6) is 1.79. The Kier molecular flexibility index (Phi) is 7.73. The summed E-state index contributed by atoms with van der Waals surface area (Å²) in [6.45, 7) is 1.53. The quantitative estimate of drug-likeness (QED) is 0.390. The zero-order valence-electron chi connectivity index (χ0n) is 15.6. The molecule has 28 heavy (non-hydrogen) atoms. The van der Waals surface area contributed by atoms with E-state index in [0.29, 0.717) is 26.4 Å². The highest BCUT2D eigenvalue weighted by atomic mass is 16.7. The van der Waals surface area contributed by atoms with E-state index < -0.39 is 6.29 Å². The maximum absolute atomic E-state index is 9.50. The molecule has 0 aliphatic rings. The van der Waals surface area contributed by atoms with Crippen LogP contribution in [-0.4, -0.2) is 31.5 Å². The number of rotatable bonds is 11. The first-order chi connectivity index (χ1) is 13.8. The molecule has 3 rings (SSSR count). The molecule has 0 saturated heterocycles. The lowest BCUT2D eigenvalue weighted by molar-refractivity contribution is -0.154. The van der Waals surface area contributed by atoms with Gasteiger partial charge in [-0.05, 0) is 36.4 Å². The van der Waals surface area contributed by atoms with Gasteiger partial charge in [0.25, 0.3) is 0 Å². The number of hydrogen-bond acceptors (Lipinski definition) is 5. The second-order valence-corrected chi connectivity index (χ2v) is 5.99. The topological polar surface area (TPSA) is 57.2 Å². The molecule has 3 aromatic carbocycles. The van der Waals surface area contributed by atoms with Crippen LogP contribution in [0.25, 0.3) is 0 Å². The van der Waals surface area contributed by atoms with Crippen LogP contribution in [0.4, 0.5) is 0 Å². The Morgan fingerprint density at radius 3 is 1.50 bits per heavy atom. The van der Waals surface area contributed by atoms with Gasteiger partial charge in [0.2, 0.25) is 0 Å². The van der Waals surface area contributed by atoms with E-state index in [2.05, 4.69) is 0 Å². The Labute approximate surface area is 165 Å². The molecule has 1 N–H and O–H groups in total. The van der Waals surface area contributed by atoms with Gasteiger partial charge in [-0.1, -0.05) is 48.5 Å². The van der Waals surface area contributed by atoms with Crippen LogP contribution in [0, 0.1) is 0 Å². The molecule has 0 fully saturated rings. The molecule has 5 heteroatoms. The van der Waals surface area contributed by atoms with Gasteiger partial charge in [-0.15, -0.1) is 0 Å². The molecule has 146 valence electrons. The third-order valence-corrected chi connectivity index (χ3v) is 3.89. The van der Waals surface area contributed by atoms with Crippen molar-refractivity contribution < 1.29 is 24.1 Å². The van der Waals surface area contributed by atoms with E-state index in [0.717, 1.165) is 17.1 Å². The first-order valence-corrected chi connectivity index (χ1v) is 9.19. The second-order valence-electron chi connectivity index (χ2n) is 5.99. The SMILES string of the molecule is Oc1ccc(C(OCCOc2ccccc2)OCCOc2ccccc2)cc1. The monoisotopic (exact) mass is 380 g/mol. The minimum atomic E-state index is -0.570. The largest absolute Gasteiger partial charge is 0.508 e. The van der Waals surface area contributed by atoms with Crippen LogP contribution in [-0.2, 0) is 9.47 Å². The van der Waals surface area contributed by atoms with E-state index in [1.165, 1.54) is 0 Å². The average molecular weight is 380 g/mol. The lowest BCUT2D eigenvalue weighted by atomic mass is 10.2. The Morgan fingerprint density at radius 2 is 1.04 bits per heavy atom. The molecule has 0 aliphatic heterocycles. The Balaban J connectivity index is 1.47. The number of para-hydroxylation sites is 2. The zero-order chi connectivity index (χ0) is 19.4. The summed E-state index contributed by atoms with van der Waals surface area (Å²) >= 11 is 0.